The molecule has 0 heterocycles. The van der Waals surface area contributed by atoms with Crippen LogP contribution in [0.15, 0.2) is 90.5 Å². The largest absolute Gasteiger partial charge is 1.00 e. The van der Waals surface area contributed by atoms with Crippen LogP contribution in [-0.2, 0) is 35.1 Å². The Morgan fingerprint density at radius 2 is 1.28 bits per heavy atom. The Labute approximate surface area is 312 Å². The summed E-state index contributed by atoms with van der Waals surface area (Å²) in [6.07, 6.45) is 13.7. The van der Waals surface area contributed by atoms with Gasteiger partial charge in [0.2, 0.25) is 0 Å². The molecule has 3 aliphatic rings. The third kappa shape index (κ3) is 8.18. The Bertz CT molecular complexity index is 1810. The molecule has 4 aromatic rings. The molecule has 0 radical (unpaired) electrons. The summed E-state index contributed by atoms with van der Waals surface area (Å²) < 4.78 is 1.55. The molecule has 0 nitrogen and oxygen atoms in total. The summed E-state index contributed by atoms with van der Waals surface area (Å²) >= 11 is 1.54. The molecule has 4 aromatic carbocycles. The number of hydrogen-bond acceptors (Lipinski definition) is 0. The molecule has 1 unspecified atom stereocenters. The van der Waals surface area contributed by atoms with Gasteiger partial charge in [0.05, 0.1) is 0 Å². The maximum atomic E-state index is 3.26. The van der Waals surface area contributed by atoms with Gasteiger partial charge in [0, 0.05) is 10.8 Å². The first-order chi connectivity index (χ1) is 21.0. The molecular weight excluding hydrogens is 691 g/mol. The minimum absolute atomic E-state index is 0. The Hall–Kier alpha value is -2.18. The fraction of sp³-hybridized carbons (Fsp3) is 0.364. The predicted molar refractivity (Wildman–Crippen MR) is 196 cm³/mol. The number of hydrogen-bond donors (Lipinski definition) is 0. The molecule has 47 heavy (non-hydrogen) atoms. The van der Waals surface area contributed by atoms with Crippen LogP contribution in [0.5, 0.6) is 0 Å². The summed E-state index contributed by atoms with van der Waals surface area (Å²) in [4.78, 5) is 0. The van der Waals surface area contributed by atoms with Gasteiger partial charge in [0.25, 0.3) is 0 Å². The molecule has 7 rings (SSSR count). The number of rotatable bonds is 2. The van der Waals surface area contributed by atoms with Gasteiger partial charge >= 0.3 is 76.7 Å². The van der Waals surface area contributed by atoms with E-state index in [0.29, 0.717) is 11.3 Å². The van der Waals surface area contributed by atoms with E-state index in [9.17, 15) is 0 Å². The first-order valence-electron chi connectivity index (χ1n) is 16.6. The van der Waals surface area contributed by atoms with Crippen molar-refractivity contribution in [2.75, 3.05) is 0 Å². The summed E-state index contributed by atoms with van der Waals surface area (Å²) in [7, 11) is 0. The molecule has 0 aliphatic heterocycles. The third-order valence-corrected chi connectivity index (χ3v) is 11.2. The zero-order chi connectivity index (χ0) is 32.9. The molecule has 0 saturated heterocycles. The van der Waals surface area contributed by atoms with Crippen molar-refractivity contribution in [2.24, 2.45) is 11.3 Å². The van der Waals surface area contributed by atoms with Crippen LogP contribution in [-0.4, -0.2) is 3.21 Å². The van der Waals surface area contributed by atoms with Gasteiger partial charge in [-0.1, -0.05) is 102 Å². The van der Waals surface area contributed by atoms with Gasteiger partial charge in [0.15, 0.2) is 0 Å². The number of allylic oxidation sites excluding steroid dienone is 8. The van der Waals surface area contributed by atoms with Crippen LogP contribution in [0.1, 0.15) is 110 Å². The number of halogens is 2. The minimum Gasteiger partial charge on any atom is -1.00 e. The van der Waals surface area contributed by atoms with Crippen molar-refractivity contribution in [3.63, 3.8) is 0 Å². The summed E-state index contributed by atoms with van der Waals surface area (Å²) in [6.45, 7) is 24.8. The Morgan fingerprint density at radius 3 is 1.64 bits per heavy atom. The van der Waals surface area contributed by atoms with Crippen molar-refractivity contribution >= 4 is 35.9 Å². The molecule has 246 valence electrons. The van der Waals surface area contributed by atoms with E-state index in [1.807, 2.05) is 0 Å². The average Bonchev–Trinajstić information content (AvgIpc) is 3.69. The van der Waals surface area contributed by atoms with Crippen LogP contribution in [0, 0.1) is 17.4 Å². The number of fused-ring (bicyclic) bond motifs is 5. The van der Waals surface area contributed by atoms with Crippen LogP contribution in [0.25, 0.3) is 32.7 Å². The van der Waals surface area contributed by atoms with Gasteiger partial charge in [-0.05, 0) is 36.1 Å². The molecule has 3 heteroatoms. The first-order valence-corrected chi connectivity index (χ1v) is 17.8. The van der Waals surface area contributed by atoms with Crippen LogP contribution in [0.4, 0.5) is 0 Å². The van der Waals surface area contributed by atoms with E-state index in [1.165, 1.54) is 96.7 Å². The van der Waals surface area contributed by atoms with Gasteiger partial charge in [0.1, 0.15) is 0 Å². The van der Waals surface area contributed by atoms with E-state index in [1.54, 1.807) is 3.21 Å². The Kier molecular flexibility index (Phi) is 12.3. The van der Waals surface area contributed by atoms with Crippen LogP contribution in [0.3, 0.4) is 0 Å². The summed E-state index contributed by atoms with van der Waals surface area (Å²) in [5.74, 6) is 0.522. The van der Waals surface area contributed by atoms with E-state index in [-0.39, 0.29) is 35.6 Å². The fourth-order valence-electron chi connectivity index (χ4n) is 7.11. The maximum Gasteiger partial charge on any atom is -1.00 e. The molecule has 0 bridgehead atoms. The van der Waals surface area contributed by atoms with Gasteiger partial charge < -0.3 is 24.8 Å². The van der Waals surface area contributed by atoms with E-state index in [4.69, 9.17) is 0 Å². The van der Waals surface area contributed by atoms with Crippen molar-refractivity contribution in [3.05, 3.63) is 124 Å². The molecule has 0 aromatic heterocycles. The molecule has 0 fully saturated rings. The Balaban J connectivity index is 0.000000228. The third-order valence-electron chi connectivity index (χ3n) is 9.65. The quantitative estimate of drug-likeness (QED) is 0.214. The van der Waals surface area contributed by atoms with Crippen LogP contribution < -0.4 is 24.8 Å². The average molecular weight is 741 g/mol. The zero-order valence-corrected chi connectivity index (χ0v) is 34.1. The van der Waals surface area contributed by atoms with Crippen LogP contribution in [0.2, 0.25) is 0 Å². The normalized spacial score (nSPS) is 18.0. The Morgan fingerprint density at radius 1 is 0.809 bits per heavy atom. The monoisotopic (exact) mass is 738 g/mol. The maximum absolute atomic E-state index is 3.26. The molecule has 3 aliphatic carbocycles. The van der Waals surface area contributed by atoms with Gasteiger partial charge in [-0.2, -0.15) is 11.6 Å². The predicted octanol–water partition coefficient (Wildman–Crippen LogP) is 6.24. The van der Waals surface area contributed by atoms with E-state index in [2.05, 4.69) is 167 Å². The van der Waals surface area contributed by atoms with Crippen molar-refractivity contribution in [1.82, 2.24) is 0 Å². The summed E-state index contributed by atoms with van der Waals surface area (Å²) in [5, 5.41) is 5.57. The van der Waals surface area contributed by atoms with Gasteiger partial charge in [-0.15, -0.1) is 39.7 Å². The molecule has 0 amide bonds. The second kappa shape index (κ2) is 14.7. The van der Waals surface area contributed by atoms with Crippen molar-refractivity contribution in [3.8, 4) is 0 Å². The number of benzene rings is 3. The summed E-state index contributed by atoms with van der Waals surface area (Å²) in [6, 6.07) is 22.7. The molecular formula is C44H50Cl2Zr-2. The minimum atomic E-state index is 0. The zero-order valence-electron chi connectivity index (χ0n) is 30.1. The smallest absolute Gasteiger partial charge is 1.00 e. The van der Waals surface area contributed by atoms with E-state index >= 15 is 0 Å². The molecule has 0 N–H and O–H groups in total. The molecule has 0 spiro atoms. The van der Waals surface area contributed by atoms with Gasteiger partial charge in [-0.3, -0.25) is 6.08 Å². The second-order valence-electron chi connectivity index (χ2n) is 15.4. The summed E-state index contributed by atoms with van der Waals surface area (Å²) in [5.41, 5.74) is 12.0. The molecule has 0 saturated carbocycles. The van der Waals surface area contributed by atoms with E-state index in [0.717, 1.165) is 0 Å². The van der Waals surface area contributed by atoms with Crippen molar-refractivity contribution in [1.29, 1.82) is 0 Å². The van der Waals surface area contributed by atoms with Gasteiger partial charge in [-0.25, -0.2) is 6.08 Å². The van der Waals surface area contributed by atoms with E-state index < -0.39 is 0 Å². The SMILES string of the molecule is CC1=CC(C)(C)c2cc3[cH-]c4cc5c(cc4c3cc21)C(C)=CC5(C)C.CC1[C-]=CC(C(C)(C)C)=C1.CC[C](=[Zr+2])c1ccccc1.[Cl-].[Cl-]. The standard InChI is InChI=1S/C25H25.C10H15.C9H10.2ClH.Zr/c1-14-12-24(3,4)22-8-16-7-17-9-23-19(15(2)13-25(23,5)6)11-21(17)20(16)10-18(14)22;1-8-5-6-9(7-8)10(2,3)4;1-2-6-9-7-4-3-5-8-9;;;/h7-13H,1-6H3;6-8H,1-4H3;3-5,7-8H,2H2,1H3;2*1H;/q2*-1;;;;+2/p-2. The molecule has 1 atom stereocenters. The first kappa shape index (κ1) is 39.3. The fourth-order valence-corrected chi connectivity index (χ4v) is 7.52. The van der Waals surface area contributed by atoms with Crippen molar-refractivity contribution in [2.45, 2.75) is 93.4 Å². The topological polar surface area (TPSA) is 0 Å². The van der Waals surface area contributed by atoms with Crippen molar-refractivity contribution < 1.29 is 49.0 Å². The second-order valence-corrected chi connectivity index (χ2v) is 16.9. The van der Waals surface area contributed by atoms with Crippen LogP contribution >= 0.6 is 0 Å².